The van der Waals surface area contributed by atoms with E-state index >= 15 is 0 Å². The summed E-state index contributed by atoms with van der Waals surface area (Å²) in [6.07, 6.45) is 0. The smallest absolute Gasteiger partial charge is 0.258 e. The number of anilines is 1. The highest BCUT2D eigenvalue weighted by atomic mass is 79.9. The third-order valence-electron chi connectivity index (χ3n) is 2.54. The number of hydrogen-bond acceptors (Lipinski definition) is 1. The maximum Gasteiger partial charge on any atom is 0.258 e. The van der Waals surface area contributed by atoms with Gasteiger partial charge in [-0.15, -0.1) is 0 Å². The Hall–Kier alpha value is -1.20. The van der Waals surface area contributed by atoms with Crippen molar-refractivity contribution in [1.82, 2.24) is 0 Å². The minimum absolute atomic E-state index is 0.0126. The van der Waals surface area contributed by atoms with Gasteiger partial charge in [-0.2, -0.15) is 0 Å². The van der Waals surface area contributed by atoms with E-state index in [-0.39, 0.29) is 10.0 Å². The topological polar surface area (TPSA) is 29.1 Å². The summed E-state index contributed by atoms with van der Waals surface area (Å²) in [6.45, 7) is 0. The summed E-state index contributed by atoms with van der Waals surface area (Å²) in [4.78, 5) is 12.0. The Bertz CT molecular complexity index is 616. The zero-order chi connectivity index (χ0) is 13.8. The molecule has 0 aliphatic rings. The Balaban J connectivity index is 2.23. The van der Waals surface area contributed by atoms with E-state index in [0.29, 0.717) is 11.0 Å². The molecule has 1 N–H and O–H groups in total. The van der Waals surface area contributed by atoms with Gasteiger partial charge in [-0.3, -0.25) is 4.79 Å². The molecule has 0 atom stereocenters. The summed E-state index contributed by atoms with van der Waals surface area (Å²) in [5.74, 6) is -1.03. The predicted octanol–water partition coefficient (Wildman–Crippen LogP) is 4.74. The van der Waals surface area contributed by atoms with E-state index in [1.807, 2.05) is 18.2 Å². The molecule has 2 aromatic carbocycles. The van der Waals surface area contributed by atoms with Crippen molar-refractivity contribution in [2.24, 2.45) is 0 Å². The van der Waals surface area contributed by atoms with E-state index in [1.165, 1.54) is 6.07 Å². The first-order valence-electron chi connectivity index (χ1n) is 5.52. The summed E-state index contributed by atoms with van der Waals surface area (Å²) in [5, 5.41) is 3.38. The van der Waals surface area contributed by atoms with E-state index in [4.69, 9.17) is 0 Å². The summed E-state index contributed by atoms with van der Waals surface area (Å²) >= 11 is 6.41. The average Bonchev–Trinajstić information content (AvgIpc) is 2.42. The molecule has 1 amide bonds. The fraction of sp³-hybridized carbons (Fsp3) is 0.0714. The number of carbonyl (C=O) groups excluding carboxylic acids is 1. The lowest BCUT2D eigenvalue weighted by Gasteiger charge is -2.08. The third-order valence-corrected chi connectivity index (χ3v) is 3.80. The van der Waals surface area contributed by atoms with Gasteiger partial charge in [-0.25, -0.2) is 4.39 Å². The number of hydrogen-bond donors (Lipinski definition) is 1. The van der Waals surface area contributed by atoms with Crippen LogP contribution in [0.4, 0.5) is 10.1 Å². The lowest BCUT2D eigenvalue weighted by atomic mass is 10.2. The predicted molar refractivity (Wildman–Crippen MR) is 81.1 cm³/mol. The Kier molecular flexibility index (Phi) is 4.71. The van der Waals surface area contributed by atoms with Gasteiger partial charge in [-0.05, 0) is 45.8 Å². The molecule has 0 saturated carbocycles. The molecule has 0 fully saturated rings. The van der Waals surface area contributed by atoms with Gasteiger partial charge >= 0.3 is 0 Å². The Morgan fingerprint density at radius 2 is 1.95 bits per heavy atom. The molecule has 0 aliphatic heterocycles. The number of amides is 1. The van der Waals surface area contributed by atoms with Crippen molar-refractivity contribution >= 4 is 43.5 Å². The first-order chi connectivity index (χ1) is 9.11. The van der Waals surface area contributed by atoms with Crippen molar-refractivity contribution in [3.8, 4) is 0 Å². The summed E-state index contributed by atoms with van der Waals surface area (Å²) < 4.78 is 14.1. The van der Waals surface area contributed by atoms with Crippen LogP contribution in [0.1, 0.15) is 15.9 Å². The number of alkyl halides is 1. The SMILES string of the molecule is O=C(Nc1cccc(CBr)c1)c1cccc(Br)c1F. The number of benzene rings is 2. The van der Waals surface area contributed by atoms with Crippen LogP contribution < -0.4 is 5.32 Å². The van der Waals surface area contributed by atoms with E-state index in [0.717, 1.165) is 5.56 Å². The second kappa shape index (κ2) is 6.30. The van der Waals surface area contributed by atoms with Crippen LogP contribution in [0.2, 0.25) is 0 Å². The highest BCUT2D eigenvalue weighted by Gasteiger charge is 2.13. The van der Waals surface area contributed by atoms with Crippen LogP contribution in [0, 0.1) is 5.82 Å². The Morgan fingerprint density at radius 1 is 1.21 bits per heavy atom. The molecule has 0 radical (unpaired) electrons. The van der Waals surface area contributed by atoms with E-state index in [9.17, 15) is 9.18 Å². The van der Waals surface area contributed by atoms with Gasteiger partial charge in [0, 0.05) is 11.0 Å². The summed E-state index contributed by atoms with van der Waals surface area (Å²) in [6, 6.07) is 12.0. The molecular weight excluding hydrogens is 377 g/mol. The molecule has 0 unspecified atom stereocenters. The maximum absolute atomic E-state index is 13.8. The average molecular weight is 387 g/mol. The van der Waals surface area contributed by atoms with Crippen molar-refractivity contribution in [1.29, 1.82) is 0 Å². The second-order valence-corrected chi connectivity index (χ2v) is 5.30. The molecule has 19 heavy (non-hydrogen) atoms. The normalized spacial score (nSPS) is 10.3. The first-order valence-corrected chi connectivity index (χ1v) is 7.43. The molecule has 98 valence electrons. The van der Waals surface area contributed by atoms with Crippen molar-refractivity contribution in [3.05, 3.63) is 63.9 Å². The number of halogens is 3. The van der Waals surface area contributed by atoms with Gasteiger partial charge in [0.15, 0.2) is 0 Å². The highest BCUT2D eigenvalue weighted by Crippen LogP contribution is 2.20. The molecule has 0 aliphatic carbocycles. The minimum Gasteiger partial charge on any atom is -0.322 e. The van der Waals surface area contributed by atoms with Crippen LogP contribution in [-0.2, 0) is 5.33 Å². The fourth-order valence-corrected chi connectivity index (χ4v) is 2.32. The maximum atomic E-state index is 13.8. The van der Waals surface area contributed by atoms with Crippen molar-refractivity contribution in [2.75, 3.05) is 5.32 Å². The molecule has 2 aromatic rings. The molecule has 5 heteroatoms. The molecule has 0 bridgehead atoms. The largest absolute Gasteiger partial charge is 0.322 e. The van der Waals surface area contributed by atoms with Crippen LogP contribution in [-0.4, -0.2) is 5.91 Å². The Morgan fingerprint density at radius 3 is 2.68 bits per heavy atom. The van der Waals surface area contributed by atoms with Gasteiger partial charge < -0.3 is 5.32 Å². The number of nitrogens with one attached hydrogen (secondary N) is 1. The van der Waals surface area contributed by atoms with E-state index in [2.05, 4.69) is 37.2 Å². The van der Waals surface area contributed by atoms with Gasteiger partial charge in [0.05, 0.1) is 10.0 Å². The fourth-order valence-electron chi connectivity index (χ4n) is 1.61. The first kappa shape index (κ1) is 14.2. The molecule has 2 rings (SSSR count). The molecule has 0 heterocycles. The summed E-state index contributed by atoms with van der Waals surface area (Å²) in [7, 11) is 0. The van der Waals surface area contributed by atoms with Gasteiger partial charge in [0.2, 0.25) is 0 Å². The zero-order valence-electron chi connectivity index (χ0n) is 9.79. The second-order valence-electron chi connectivity index (χ2n) is 3.89. The van der Waals surface area contributed by atoms with E-state index in [1.54, 1.807) is 18.2 Å². The standard InChI is InChI=1S/C14H10Br2FNO/c15-8-9-3-1-4-10(7-9)18-14(19)11-5-2-6-12(16)13(11)17/h1-7H,8H2,(H,18,19). The van der Waals surface area contributed by atoms with Gasteiger partial charge in [0.1, 0.15) is 5.82 Å². The lowest BCUT2D eigenvalue weighted by Crippen LogP contribution is -2.14. The number of rotatable bonds is 3. The molecule has 0 saturated heterocycles. The Labute approximate surface area is 127 Å². The quantitative estimate of drug-likeness (QED) is 0.758. The van der Waals surface area contributed by atoms with Crippen LogP contribution in [0.3, 0.4) is 0 Å². The molecule has 0 spiro atoms. The minimum atomic E-state index is -0.559. The van der Waals surface area contributed by atoms with Crippen LogP contribution in [0.25, 0.3) is 0 Å². The van der Waals surface area contributed by atoms with E-state index < -0.39 is 11.7 Å². The molecule has 0 aromatic heterocycles. The van der Waals surface area contributed by atoms with Gasteiger partial charge in [0.25, 0.3) is 5.91 Å². The van der Waals surface area contributed by atoms with Gasteiger partial charge in [-0.1, -0.05) is 34.1 Å². The summed E-state index contributed by atoms with van der Waals surface area (Å²) in [5.41, 5.74) is 1.69. The lowest BCUT2D eigenvalue weighted by molar-refractivity contribution is 0.102. The molecular formula is C14H10Br2FNO. The van der Waals surface area contributed by atoms with Crippen molar-refractivity contribution in [3.63, 3.8) is 0 Å². The highest BCUT2D eigenvalue weighted by molar-refractivity contribution is 9.10. The molecule has 2 nitrogen and oxygen atoms in total. The third kappa shape index (κ3) is 3.42. The number of carbonyl (C=O) groups is 1. The van der Waals surface area contributed by atoms with Crippen LogP contribution >= 0.6 is 31.9 Å². The van der Waals surface area contributed by atoms with Crippen LogP contribution in [0.15, 0.2) is 46.9 Å². The zero-order valence-corrected chi connectivity index (χ0v) is 13.0. The van der Waals surface area contributed by atoms with Crippen molar-refractivity contribution < 1.29 is 9.18 Å². The van der Waals surface area contributed by atoms with Crippen molar-refractivity contribution in [2.45, 2.75) is 5.33 Å². The monoisotopic (exact) mass is 385 g/mol. The van der Waals surface area contributed by atoms with Crippen LogP contribution in [0.5, 0.6) is 0 Å².